The molecule has 6 amide bonds. The number of aliphatic hydroxyl groups excluding tert-OH is 1. The zero-order chi connectivity index (χ0) is 20.9. The fourth-order valence-electron chi connectivity index (χ4n) is 2.71. The zero-order valence-corrected chi connectivity index (χ0v) is 17.0. The molecule has 1 heterocycles. The lowest BCUT2D eigenvalue weighted by Crippen LogP contribution is -2.55. The van der Waals surface area contributed by atoms with Crippen LogP contribution in [0, 0.1) is 5.92 Å². The molecule has 0 aromatic heterocycles. The molecule has 1 fully saturated rings. The van der Waals surface area contributed by atoms with Crippen LogP contribution in [-0.4, -0.2) is 52.7 Å². The predicted molar refractivity (Wildman–Crippen MR) is 104 cm³/mol. The molecule has 1 unspecified atom stereocenters. The van der Waals surface area contributed by atoms with Crippen molar-refractivity contribution in [1.29, 1.82) is 0 Å². The molecular weight excluding hydrogens is 434 g/mol. The molecular formula is C17H22BrN5O5. The van der Waals surface area contributed by atoms with Gasteiger partial charge >= 0.3 is 12.1 Å². The van der Waals surface area contributed by atoms with Crippen LogP contribution in [0.5, 0.6) is 0 Å². The van der Waals surface area contributed by atoms with Gasteiger partial charge in [-0.15, -0.1) is 0 Å². The fourth-order valence-corrected chi connectivity index (χ4v) is 2.98. The number of halogens is 1. The summed E-state index contributed by atoms with van der Waals surface area (Å²) in [6.07, 6.45) is -0.318. The SMILES string of the molecule is CC(C)C1(CC(=O)NCCO)NC(=O)N(NC(=O)Nc2ccc(Br)cc2)C1=O. The number of hydrogen-bond acceptors (Lipinski definition) is 5. The second-order valence-corrected chi connectivity index (χ2v) is 7.44. The van der Waals surface area contributed by atoms with E-state index in [2.05, 4.69) is 37.3 Å². The Balaban J connectivity index is 2.10. The summed E-state index contributed by atoms with van der Waals surface area (Å²) in [5.41, 5.74) is 1.17. The maximum absolute atomic E-state index is 12.9. The number of imide groups is 1. The lowest BCUT2D eigenvalue weighted by Gasteiger charge is -2.30. The first-order valence-electron chi connectivity index (χ1n) is 8.57. The fraction of sp³-hybridized carbons (Fsp3) is 0.412. The van der Waals surface area contributed by atoms with Crippen LogP contribution >= 0.6 is 15.9 Å². The maximum Gasteiger partial charge on any atom is 0.344 e. The summed E-state index contributed by atoms with van der Waals surface area (Å²) in [7, 11) is 0. The molecule has 0 bridgehead atoms. The number of benzene rings is 1. The molecule has 1 aromatic rings. The molecule has 0 spiro atoms. The van der Waals surface area contributed by atoms with E-state index in [1.54, 1.807) is 38.1 Å². The summed E-state index contributed by atoms with van der Waals surface area (Å²) >= 11 is 3.28. The molecule has 10 nitrogen and oxygen atoms in total. The second kappa shape index (κ2) is 9.02. The van der Waals surface area contributed by atoms with Crippen molar-refractivity contribution in [3.05, 3.63) is 28.7 Å². The van der Waals surface area contributed by atoms with Gasteiger partial charge in [-0.25, -0.2) is 15.0 Å². The van der Waals surface area contributed by atoms with Gasteiger partial charge in [0, 0.05) is 16.7 Å². The van der Waals surface area contributed by atoms with E-state index in [1.165, 1.54) is 0 Å². The number of nitrogens with one attached hydrogen (secondary N) is 4. The molecule has 0 saturated carbocycles. The van der Waals surface area contributed by atoms with Crippen molar-refractivity contribution in [1.82, 2.24) is 21.1 Å². The van der Waals surface area contributed by atoms with E-state index in [9.17, 15) is 19.2 Å². The number of rotatable bonds is 7. The van der Waals surface area contributed by atoms with Crippen LogP contribution in [0.25, 0.3) is 0 Å². The van der Waals surface area contributed by atoms with Gasteiger partial charge in [0.15, 0.2) is 0 Å². The van der Waals surface area contributed by atoms with Gasteiger partial charge in [-0.3, -0.25) is 9.59 Å². The summed E-state index contributed by atoms with van der Waals surface area (Å²) in [6, 6.07) is 5.10. The lowest BCUT2D eigenvalue weighted by atomic mass is 9.83. The van der Waals surface area contributed by atoms with Crippen LogP contribution in [0.15, 0.2) is 28.7 Å². The molecule has 1 atom stereocenters. The average molecular weight is 456 g/mol. The number of amides is 6. The number of carbonyl (C=O) groups is 4. The Morgan fingerprint density at radius 3 is 2.46 bits per heavy atom. The highest BCUT2D eigenvalue weighted by Crippen LogP contribution is 2.28. The van der Waals surface area contributed by atoms with Gasteiger partial charge < -0.3 is 21.1 Å². The quantitative estimate of drug-likeness (QED) is 0.389. The molecule has 28 heavy (non-hydrogen) atoms. The molecule has 1 aliphatic heterocycles. The van der Waals surface area contributed by atoms with E-state index in [-0.39, 0.29) is 19.6 Å². The minimum Gasteiger partial charge on any atom is -0.395 e. The molecule has 11 heteroatoms. The lowest BCUT2D eigenvalue weighted by molar-refractivity contribution is -0.138. The van der Waals surface area contributed by atoms with Crippen LogP contribution < -0.4 is 21.4 Å². The van der Waals surface area contributed by atoms with Crippen molar-refractivity contribution in [2.75, 3.05) is 18.5 Å². The predicted octanol–water partition coefficient (Wildman–Crippen LogP) is 0.931. The number of nitrogens with zero attached hydrogens (tertiary/aromatic N) is 1. The van der Waals surface area contributed by atoms with Gasteiger partial charge in [-0.2, -0.15) is 5.01 Å². The standard InChI is InChI=1S/C17H22BrN5O5/c1-10(2)17(9-13(25)19-7-8-24)14(26)23(16(28)21-17)22-15(27)20-12-5-3-11(18)4-6-12/h3-6,10,24H,7-9H2,1-2H3,(H,19,25)(H,21,28)(H2,20,22,27). The van der Waals surface area contributed by atoms with Crippen LogP contribution in [0.4, 0.5) is 15.3 Å². The molecule has 5 N–H and O–H groups in total. The summed E-state index contributed by atoms with van der Waals surface area (Å²) in [6.45, 7) is 3.16. The highest BCUT2D eigenvalue weighted by atomic mass is 79.9. The zero-order valence-electron chi connectivity index (χ0n) is 15.4. The van der Waals surface area contributed by atoms with Crippen LogP contribution in [0.1, 0.15) is 20.3 Å². The van der Waals surface area contributed by atoms with Crippen LogP contribution in [-0.2, 0) is 9.59 Å². The summed E-state index contributed by atoms with van der Waals surface area (Å²) < 4.78 is 0.828. The van der Waals surface area contributed by atoms with Gasteiger partial charge in [-0.1, -0.05) is 29.8 Å². The van der Waals surface area contributed by atoms with Crippen LogP contribution in [0.3, 0.4) is 0 Å². The third-order valence-electron chi connectivity index (χ3n) is 4.29. The van der Waals surface area contributed by atoms with Gasteiger partial charge in [0.2, 0.25) is 5.91 Å². The van der Waals surface area contributed by atoms with Gasteiger partial charge in [-0.05, 0) is 30.2 Å². The number of hydrogen-bond donors (Lipinski definition) is 5. The monoisotopic (exact) mass is 455 g/mol. The molecule has 0 aliphatic carbocycles. The summed E-state index contributed by atoms with van der Waals surface area (Å²) in [5, 5.41) is 16.8. The topological polar surface area (TPSA) is 140 Å². The molecule has 0 radical (unpaired) electrons. The van der Waals surface area contributed by atoms with E-state index in [0.29, 0.717) is 10.7 Å². The summed E-state index contributed by atoms with van der Waals surface area (Å²) in [4.78, 5) is 49.4. The van der Waals surface area contributed by atoms with Gasteiger partial charge in [0.1, 0.15) is 5.54 Å². The van der Waals surface area contributed by atoms with Crippen molar-refractivity contribution in [3.63, 3.8) is 0 Å². The third-order valence-corrected chi connectivity index (χ3v) is 4.82. The average Bonchev–Trinajstić information content (AvgIpc) is 2.87. The number of hydrazine groups is 1. The number of urea groups is 2. The molecule has 1 aromatic carbocycles. The van der Waals surface area contributed by atoms with E-state index in [1.807, 2.05) is 0 Å². The minimum atomic E-state index is -1.50. The normalized spacial score (nSPS) is 18.8. The molecule has 1 saturated heterocycles. The Kier molecular flexibility index (Phi) is 6.97. The molecule has 152 valence electrons. The Labute approximate surface area is 170 Å². The van der Waals surface area contributed by atoms with Crippen LogP contribution in [0.2, 0.25) is 0 Å². The first-order valence-corrected chi connectivity index (χ1v) is 9.36. The Bertz CT molecular complexity index is 770. The van der Waals surface area contributed by atoms with E-state index >= 15 is 0 Å². The highest BCUT2D eigenvalue weighted by molar-refractivity contribution is 9.10. The Hall–Kier alpha value is -2.66. The van der Waals surface area contributed by atoms with Crippen molar-refractivity contribution in [2.24, 2.45) is 5.92 Å². The van der Waals surface area contributed by atoms with E-state index in [4.69, 9.17) is 5.11 Å². The smallest absolute Gasteiger partial charge is 0.344 e. The molecule has 1 aliphatic rings. The van der Waals surface area contributed by atoms with Crippen molar-refractivity contribution < 1.29 is 24.3 Å². The Morgan fingerprint density at radius 2 is 1.89 bits per heavy atom. The van der Waals surface area contributed by atoms with Crippen molar-refractivity contribution >= 4 is 45.5 Å². The Morgan fingerprint density at radius 1 is 1.25 bits per heavy atom. The second-order valence-electron chi connectivity index (χ2n) is 6.52. The van der Waals surface area contributed by atoms with E-state index in [0.717, 1.165) is 4.47 Å². The highest BCUT2D eigenvalue weighted by Gasteiger charge is 2.55. The summed E-state index contributed by atoms with van der Waals surface area (Å²) in [5.74, 6) is -1.67. The maximum atomic E-state index is 12.9. The van der Waals surface area contributed by atoms with Crippen molar-refractivity contribution in [2.45, 2.75) is 25.8 Å². The van der Waals surface area contributed by atoms with Crippen molar-refractivity contribution in [3.8, 4) is 0 Å². The number of carbonyl (C=O) groups excluding carboxylic acids is 4. The first-order chi connectivity index (χ1) is 13.2. The largest absolute Gasteiger partial charge is 0.395 e. The van der Waals surface area contributed by atoms with E-state index < -0.39 is 35.3 Å². The number of anilines is 1. The number of aliphatic hydroxyl groups is 1. The molecule has 2 rings (SSSR count). The van der Waals surface area contributed by atoms with Gasteiger partial charge in [0.05, 0.1) is 13.0 Å². The first kappa shape index (κ1) is 21.6. The van der Waals surface area contributed by atoms with Gasteiger partial charge in [0.25, 0.3) is 5.91 Å². The third kappa shape index (κ3) is 4.78. The minimum absolute atomic E-state index is 0.0344.